The number of imidazole rings is 1. The summed E-state index contributed by atoms with van der Waals surface area (Å²) in [5.74, 6) is -0.0664. The second kappa shape index (κ2) is 5.59. The van der Waals surface area contributed by atoms with Crippen molar-refractivity contribution in [2.24, 2.45) is 0 Å². The van der Waals surface area contributed by atoms with E-state index in [1.165, 1.54) is 10.9 Å². The number of anilines is 1. The summed E-state index contributed by atoms with van der Waals surface area (Å²) in [4.78, 5) is 35.0. The van der Waals surface area contributed by atoms with E-state index in [9.17, 15) is 14.2 Å². The second-order valence-corrected chi connectivity index (χ2v) is 9.72. The van der Waals surface area contributed by atoms with Gasteiger partial charge >= 0.3 is 0 Å². The van der Waals surface area contributed by atoms with Crippen LogP contribution in [0.5, 0.6) is 0 Å². The molecule has 2 aromatic rings. The number of carbonyl (C=O) groups is 1. The molecule has 9 nitrogen and oxygen atoms in total. The molecule has 0 aromatic carbocycles. The minimum atomic E-state index is -2.41. The molecule has 1 aliphatic carbocycles. The van der Waals surface area contributed by atoms with Crippen molar-refractivity contribution in [3.05, 3.63) is 28.0 Å². The molecule has 24 heavy (non-hydrogen) atoms. The van der Waals surface area contributed by atoms with Crippen LogP contribution >= 0.6 is 7.14 Å². The summed E-state index contributed by atoms with van der Waals surface area (Å²) < 4.78 is 18.8. The van der Waals surface area contributed by atoms with Gasteiger partial charge in [0.2, 0.25) is 11.7 Å². The van der Waals surface area contributed by atoms with E-state index in [1.807, 2.05) is 0 Å². The second-order valence-electron chi connectivity index (χ2n) is 6.32. The lowest BCUT2D eigenvalue weighted by atomic mass is 10.2. The molecule has 1 atom stereocenters. The van der Waals surface area contributed by atoms with Gasteiger partial charge in [-0.3, -0.25) is 14.6 Å². The van der Waals surface area contributed by atoms with Gasteiger partial charge in [0.05, 0.1) is 6.33 Å². The van der Waals surface area contributed by atoms with Crippen LogP contribution in [0.1, 0.15) is 19.4 Å². The number of aromatic amines is 1. The van der Waals surface area contributed by atoms with E-state index in [0.717, 1.165) is 5.57 Å². The molecule has 0 aliphatic heterocycles. The molecule has 0 bridgehead atoms. The highest BCUT2D eigenvalue weighted by molar-refractivity contribution is 7.62. The van der Waals surface area contributed by atoms with Crippen molar-refractivity contribution >= 4 is 30.0 Å². The molecule has 3 rings (SSSR count). The Morgan fingerprint density at radius 2 is 2.17 bits per heavy atom. The molecule has 0 saturated carbocycles. The van der Waals surface area contributed by atoms with Crippen LogP contribution in [0.4, 0.5) is 5.95 Å². The number of H-pyrrole nitrogens is 1. The highest BCUT2D eigenvalue weighted by Crippen LogP contribution is 2.39. The molecule has 128 valence electrons. The Morgan fingerprint density at radius 3 is 2.83 bits per heavy atom. The molecule has 0 radical (unpaired) electrons. The molecular formula is C14H18N5O4P. The zero-order valence-corrected chi connectivity index (χ0v) is 14.5. The topological polar surface area (TPSA) is 133 Å². The van der Waals surface area contributed by atoms with Crippen molar-refractivity contribution in [3.8, 4) is 0 Å². The number of nitrogens with two attached hydrogens (primary N) is 1. The first-order valence-electron chi connectivity index (χ1n) is 7.30. The maximum Gasteiger partial charge on any atom is 0.280 e. The third-order valence-corrected chi connectivity index (χ3v) is 4.47. The monoisotopic (exact) mass is 351 g/mol. The van der Waals surface area contributed by atoms with Crippen molar-refractivity contribution < 1.29 is 14.1 Å². The normalized spacial score (nSPS) is 18.6. The van der Waals surface area contributed by atoms with Gasteiger partial charge < -0.3 is 19.6 Å². The SMILES string of the molecule is CC1=C(OCP(C)(C)=O)C(=O)[C@@H](n2cnc3c(=O)[nH]c(N)nc32)C1. The summed E-state index contributed by atoms with van der Waals surface area (Å²) in [5, 5.41) is 0. The molecule has 0 spiro atoms. The Bertz CT molecular complexity index is 967. The van der Waals surface area contributed by atoms with E-state index in [2.05, 4.69) is 15.0 Å². The number of rotatable bonds is 4. The summed E-state index contributed by atoms with van der Waals surface area (Å²) >= 11 is 0. The number of allylic oxidation sites excluding steroid dienone is 2. The summed E-state index contributed by atoms with van der Waals surface area (Å²) in [6, 6.07) is -0.605. The number of aromatic nitrogens is 4. The zero-order chi connectivity index (χ0) is 17.6. The molecule has 0 unspecified atom stereocenters. The quantitative estimate of drug-likeness (QED) is 0.788. The number of nitrogens with zero attached hydrogens (tertiary/aromatic N) is 3. The van der Waals surface area contributed by atoms with E-state index in [0.29, 0.717) is 6.42 Å². The molecule has 0 amide bonds. The third kappa shape index (κ3) is 2.87. The lowest BCUT2D eigenvalue weighted by Crippen LogP contribution is -2.18. The van der Waals surface area contributed by atoms with Crippen LogP contribution in [-0.4, -0.2) is 45.0 Å². The van der Waals surface area contributed by atoms with Crippen LogP contribution in [0.15, 0.2) is 22.5 Å². The highest BCUT2D eigenvalue weighted by Gasteiger charge is 2.35. The minimum absolute atomic E-state index is 0.00761. The van der Waals surface area contributed by atoms with E-state index < -0.39 is 18.7 Å². The van der Waals surface area contributed by atoms with Crippen molar-refractivity contribution in [2.75, 3.05) is 25.4 Å². The first kappa shape index (κ1) is 16.4. The minimum Gasteiger partial charge on any atom is -0.482 e. The molecule has 0 saturated heterocycles. The van der Waals surface area contributed by atoms with E-state index in [4.69, 9.17) is 10.5 Å². The number of nitrogen functional groups attached to an aromatic ring is 1. The molecule has 10 heteroatoms. The van der Waals surface area contributed by atoms with Gasteiger partial charge in [0.15, 0.2) is 16.9 Å². The number of ether oxygens (including phenoxy) is 1. The average Bonchev–Trinajstić information content (AvgIpc) is 2.98. The number of ketones is 1. The Morgan fingerprint density at radius 1 is 1.46 bits per heavy atom. The van der Waals surface area contributed by atoms with Gasteiger partial charge in [0.25, 0.3) is 5.56 Å². The maximum atomic E-state index is 12.7. The van der Waals surface area contributed by atoms with Gasteiger partial charge in [-0.05, 0) is 25.8 Å². The molecule has 2 heterocycles. The van der Waals surface area contributed by atoms with Gasteiger partial charge in [-0.2, -0.15) is 4.98 Å². The summed E-state index contributed by atoms with van der Waals surface area (Å²) in [7, 11) is -2.41. The summed E-state index contributed by atoms with van der Waals surface area (Å²) in [6.07, 6.45) is 1.81. The Hall–Kier alpha value is -2.41. The van der Waals surface area contributed by atoms with Crippen molar-refractivity contribution in [2.45, 2.75) is 19.4 Å². The van der Waals surface area contributed by atoms with Crippen LogP contribution in [0, 0.1) is 0 Å². The molecule has 2 aromatic heterocycles. The predicted molar refractivity (Wildman–Crippen MR) is 89.3 cm³/mol. The van der Waals surface area contributed by atoms with Crippen LogP contribution in [0.3, 0.4) is 0 Å². The van der Waals surface area contributed by atoms with Crippen LogP contribution in [0.2, 0.25) is 0 Å². The number of hydrogen-bond donors (Lipinski definition) is 2. The number of carbonyl (C=O) groups excluding carboxylic acids is 1. The van der Waals surface area contributed by atoms with E-state index >= 15 is 0 Å². The number of hydrogen-bond acceptors (Lipinski definition) is 7. The van der Waals surface area contributed by atoms with Crippen LogP contribution in [0.25, 0.3) is 11.2 Å². The van der Waals surface area contributed by atoms with Gasteiger partial charge in [-0.1, -0.05) is 0 Å². The summed E-state index contributed by atoms with van der Waals surface area (Å²) in [6.45, 7) is 4.99. The fourth-order valence-corrected chi connectivity index (χ4v) is 3.09. The van der Waals surface area contributed by atoms with Gasteiger partial charge in [0.1, 0.15) is 19.5 Å². The number of Topliss-reactive ketones (excluding diaryl/α,β-unsaturated/α-hetero) is 1. The molecule has 1 aliphatic rings. The largest absolute Gasteiger partial charge is 0.482 e. The number of fused-ring (bicyclic) bond motifs is 1. The third-order valence-electron chi connectivity index (χ3n) is 3.72. The van der Waals surface area contributed by atoms with Gasteiger partial charge in [0, 0.05) is 6.42 Å². The lowest BCUT2D eigenvalue weighted by molar-refractivity contribution is -0.120. The molecular weight excluding hydrogens is 333 g/mol. The fraction of sp³-hybridized carbons (Fsp3) is 0.429. The van der Waals surface area contributed by atoms with Crippen LogP contribution < -0.4 is 11.3 Å². The summed E-state index contributed by atoms with van der Waals surface area (Å²) in [5.41, 5.74) is 6.25. The Labute approximate surface area is 137 Å². The maximum absolute atomic E-state index is 12.7. The zero-order valence-electron chi connectivity index (χ0n) is 13.6. The van der Waals surface area contributed by atoms with Crippen molar-refractivity contribution in [1.29, 1.82) is 0 Å². The average molecular weight is 351 g/mol. The number of nitrogens with one attached hydrogen (secondary N) is 1. The van der Waals surface area contributed by atoms with E-state index in [-0.39, 0.29) is 35.0 Å². The Balaban J connectivity index is 1.95. The van der Waals surface area contributed by atoms with Crippen molar-refractivity contribution in [1.82, 2.24) is 19.5 Å². The standard InChI is InChI=1S/C14H18N5O4P/c1-7-4-8(10(20)11(7)23-6-24(2,3)22)19-5-16-9-12(19)17-14(15)18-13(9)21/h5,8H,4,6H2,1-3H3,(H3,15,17,18,21)/t8-/m0/s1. The smallest absolute Gasteiger partial charge is 0.280 e. The Kier molecular flexibility index (Phi) is 3.83. The molecule has 0 fully saturated rings. The van der Waals surface area contributed by atoms with Crippen molar-refractivity contribution in [3.63, 3.8) is 0 Å². The highest BCUT2D eigenvalue weighted by atomic mass is 31.2. The first-order valence-corrected chi connectivity index (χ1v) is 10.1. The fourth-order valence-electron chi connectivity index (χ4n) is 2.65. The van der Waals surface area contributed by atoms with Gasteiger partial charge in [-0.15, -0.1) is 0 Å². The van der Waals surface area contributed by atoms with Crippen LogP contribution in [-0.2, 0) is 14.1 Å². The molecule has 3 N–H and O–H groups in total. The predicted octanol–water partition coefficient (Wildman–Crippen LogP) is 1.09. The lowest BCUT2D eigenvalue weighted by Gasteiger charge is -2.13. The van der Waals surface area contributed by atoms with Gasteiger partial charge in [-0.25, -0.2) is 4.98 Å². The van der Waals surface area contributed by atoms with E-state index in [1.54, 1.807) is 20.3 Å². The first-order chi connectivity index (χ1) is 11.2.